The Bertz CT molecular complexity index is 612. The van der Waals surface area contributed by atoms with Crippen molar-refractivity contribution in [2.75, 3.05) is 26.3 Å². The SMILES string of the molecule is CC(CCc1ccccc1OCC(=O)N1CCOC(C)C1)CC1CCCCC1. The van der Waals surface area contributed by atoms with E-state index in [1.165, 1.54) is 50.5 Å². The molecule has 0 bridgehead atoms. The fraction of sp³-hybridized carbons (Fsp3) is 0.708. The van der Waals surface area contributed by atoms with E-state index in [0.717, 1.165) is 24.0 Å². The largest absolute Gasteiger partial charge is 0.483 e. The molecular formula is C24H37NO3. The molecule has 1 heterocycles. The van der Waals surface area contributed by atoms with Crippen LogP contribution in [-0.4, -0.2) is 43.2 Å². The van der Waals surface area contributed by atoms with E-state index in [4.69, 9.17) is 9.47 Å². The highest BCUT2D eigenvalue weighted by Crippen LogP contribution is 2.31. The molecule has 28 heavy (non-hydrogen) atoms. The van der Waals surface area contributed by atoms with E-state index in [2.05, 4.69) is 19.1 Å². The number of amides is 1. The van der Waals surface area contributed by atoms with Gasteiger partial charge in [-0.2, -0.15) is 0 Å². The van der Waals surface area contributed by atoms with Gasteiger partial charge in [-0.3, -0.25) is 4.79 Å². The second kappa shape index (κ2) is 10.8. The van der Waals surface area contributed by atoms with Crippen LogP contribution in [0.3, 0.4) is 0 Å². The number of carbonyl (C=O) groups is 1. The summed E-state index contributed by atoms with van der Waals surface area (Å²) in [5.41, 5.74) is 1.22. The van der Waals surface area contributed by atoms with Gasteiger partial charge in [-0.25, -0.2) is 0 Å². The quantitative estimate of drug-likeness (QED) is 0.640. The highest BCUT2D eigenvalue weighted by Gasteiger charge is 2.22. The number of hydrogen-bond donors (Lipinski definition) is 0. The van der Waals surface area contributed by atoms with E-state index in [1.807, 2.05) is 24.0 Å². The fourth-order valence-corrected chi connectivity index (χ4v) is 4.64. The summed E-state index contributed by atoms with van der Waals surface area (Å²) in [6.45, 7) is 6.43. The van der Waals surface area contributed by atoms with Crippen LogP contribution >= 0.6 is 0 Å². The number of ether oxygens (including phenoxy) is 2. The molecule has 1 aliphatic heterocycles. The van der Waals surface area contributed by atoms with E-state index in [-0.39, 0.29) is 18.6 Å². The topological polar surface area (TPSA) is 38.8 Å². The number of nitrogens with zero attached hydrogens (tertiary/aromatic N) is 1. The molecule has 4 nitrogen and oxygen atoms in total. The molecule has 2 aliphatic rings. The Morgan fingerprint density at radius 2 is 2.04 bits per heavy atom. The molecule has 1 amide bonds. The van der Waals surface area contributed by atoms with Crippen LogP contribution in [0.4, 0.5) is 0 Å². The molecule has 1 aromatic carbocycles. The first-order valence-corrected chi connectivity index (χ1v) is 11.2. The van der Waals surface area contributed by atoms with E-state index in [9.17, 15) is 4.79 Å². The standard InChI is InChI=1S/C24H37NO3/c1-19(16-21-8-4-3-5-9-21)12-13-22-10-6-7-11-23(22)28-18-24(26)25-14-15-27-20(2)17-25/h6-7,10-11,19-21H,3-5,8-9,12-18H2,1-2H3. The van der Waals surface area contributed by atoms with Gasteiger partial charge in [-0.1, -0.05) is 57.2 Å². The van der Waals surface area contributed by atoms with Gasteiger partial charge < -0.3 is 14.4 Å². The van der Waals surface area contributed by atoms with Crippen LogP contribution in [-0.2, 0) is 16.0 Å². The van der Waals surface area contributed by atoms with E-state index >= 15 is 0 Å². The van der Waals surface area contributed by atoms with Crippen molar-refractivity contribution in [2.45, 2.75) is 71.3 Å². The van der Waals surface area contributed by atoms with Gasteiger partial charge in [-0.15, -0.1) is 0 Å². The maximum absolute atomic E-state index is 12.5. The Morgan fingerprint density at radius 3 is 2.82 bits per heavy atom. The molecule has 1 saturated heterocycles. The van der Waals surface area contributed by atoms with Gasteiger partial charge in [0, 0.05) is 13.1 Å². The van der Waals surface area contributed by atoms with E-state index in [1.54, 1.807) is 0 Å². The summed E-state index contributed by atoms with van der Waals surface area (Å²) in [7, 11) is 0. The lowest BCUT2D eigenvalue weighted by Gasteiger charge is -2.31. The van der Waals surface area contributed by atoms with E-state index < -0.39 is 0 Å². The van der Waals surface area contributed by atoms with Crippen LogP contribution in [0.25, 0.3) is 0 Å². The van der Waals surface area contributed by atoms with Crippen molar-refractivity contribution in [2.24, 2.45) is 11.8 Å². The average Bonchev–Trinajstić information content (AvgIpc) is 2.72. The van der Waals surface area contributed by atoms with Gasteiger partial charge >= 0.3 is 0 Å². The number of rotatable bonds is 8. The molecule has 0 N–H and O–H groups in total. The summed E-state index contributed by atoms with van der Waals surface area (Å²) < 4.78 is 11.5. The Kier molecular flexibility index (Phi) is 8.20. The number of benzene rings is 1. The second-order valence-electron chi connectivity index (χ2n) is 8.80. The minimum absolute atomic E-state index is 0.0515. The van der Waals surface area contributed by atoms with Gasteiger partial charge in [0.1, 0.15) is 5.75 Å². The van der Waals surface area contributed by atoms with Crippen molar-refractivity contribution in [3.05, 3.63) is 29.8 Å². The third-order valence-electron chi connectivity index (χ3n) is 6.28. The maximum Gasteiger partial charge on any atom is 0.260 e. The molecule has 0 aromatic heterocycles. The smallest absolute Gasteiger partial charge is 0.260 e. The monoisotopic (exact) mass is 387 g/mol. The third kappa shape index (κ3) is 6.51. The first-order chi connectivity index (χ1) is 13.6. The predicted molar refractivity (Wildman–Crippen MR) is 113 cm³/mol. The van der Waals surface area contributed by atoms with Gasteiger partial charge in [0.25, 0.3) is 5.91 Å². The normalized spacial score (nSPS) is 22.1. The van der Waals surface area contributed by atoms with Gasteiger partial charge in [0.2, 0.25) is 0 Å². The van der Waals surface area contributed by atoms with Gasteiger partial charge in [0.15, 0.2) is 6.61 Å². The molecular weight excluding hydrogens is 350 g/mol. The van der Waals surface area contributed by atoms with Crippen LogP contribution in [0, 0.1) is 11.8 Å². The van der Waals surface area contributed by atoms with Crippen LogP contribution < -0.4 is 4.74 Å². The Morgan fingerprint density at radius 1 is 1.25 bits per heavy atom. The average molecular weight is 388 g/mol. The molecule has 0 radical (unpaired) electrons. The van der Waals surface area contributed by atoms with Crippen molar-refractivity contribution in [1.29, 1.82) is 0 Å². The number of hydrogen-bond acceptors (Lipinski definition) is 3. The Hall–Kier alpha value is -1.55. The summed E-state index contributed by atoms with van der Waals surface area (Å²) in [6, 6.07) is 8.20. The zero-order chi connectivity index (χ0) is 19.8. The molecule has 156 valence electrons. The van der Waals surface area contributed by atoms with E-state index in [0.29, 0.717) is 19.7 Å². The van der Waals surface area contributed by atoms with Crippen LogP contribution in [0.1, 0.15) is 64.4 Å². The van der Waals surface area contributed by atoms with Gasteiger partial charge in [0.05, 0.1) is 12.7 Å². The molecule has 1 aliphatic carbocycles. The lowest BCUT2D eigenvalue weighted by atomic mass is 9.82. The summed E-state index contributed by atoms with van der Waals surface area (Å²) in [5.74, 6) is 2.59. The minimum Gasteiger partial charge on any atom is -0.483 e. The molecule has 0 spiro atoms. The fourth-order valence-electron chi connectivity index (χ4n) is 4.64. The van der Waals surface area contributed by atoms with Crippen LogP contribution in [0.2, 0.25) is 0 Å². The first-order valence-electron chi connectivity index (χ1n) is 11.2. The zero-order valence-electron chi connectivity index (χ0n) is 17.7. The summed E-state index contributed by atoms with van der Waals surface area (Å²) in [5, 5.41) is 0. The molecule has 1 aromatic rings. The first kappa shape index (κ1) is 21.2. The Balaban J connectivity index is 1.46. The lowest BCUT2D eigenvalue weighted by molar-refractivity contribution is -0.140. The number of carbonyl (C=O) groups excluding carboxylic acids is 1. The molecule has 1 saturated carbocycles. The third-order valence-corrected chi connectivity index (χ3v) is 6.28. The number of morpholine rings is 1. The van der Waals surface area contributed by atoms with Gasteiger partial charge in [-0.05, 0) is 49.7 Å². The minimum atomic E-state index is 0.0515. The van der Waals surface area contributed by atoms with Crippen molar-refractivity contribution in [3.63, 3.8) is 0 Å². The molecule has 3 rings (SSSR count). The highest BCUT2D eigenvalue weighted by molar-refractivity contribution is 5.78. The van der Waals surface area contributed by atoms with Crippen molar-refractivity contribution >= 4 is 5.91 Å². The van der Waals surface area contributed by atoms with Crippen molar-refractivity contribution < 1.29 is 14.3 Å². The summed E-state index contributed by atoms with van der Waals surface area (Å²) in [6.07, 6.45) is 10.8. The number of para-hydroxylation sites is 1. The molecule has 4 heteroatoms. The molecule has 2 atom stereocenters. The zero-order valence-corrected chi connectivity index (χ0v) is 17.7. The Labute approximate surface area is 170 Å². The molecule has 2 fully saturated rings. The maximum atomic E-state index is 12.5. The number of aryl methyl sites for hydroxylation is 1. The van der Waals surface area contributed by atoms with Crippen molar-refractivity contribution in [1.82, 2.24) is 4.90 Å². The summed E-state index contributed by atoms with van der Waals surface area (Å²) in [4.78, 5) is 14.3. The highest BCUT2D eigenvalue weighted by atomic mass is 16.5. The second-order valence-corrected chi connectivity index (χ2v) is 8.80. The molecule has 2 unspecified atom stereocenters. The lowest BCUT2D eigenvalue weighted by Crippen LogP contribution is -2.46. The van der Waals surface area contributed by atoms with Crippen LogP contribution in [0.15, 0.2) is 24.3 Å². The van der Waals surface area contributed by atoms with Crippen molar-refractivity contribution in [3.8, 4) is 5.75 Å². The van der Waals surface area contributed by atoms with Crippen LogP contribution in [0.5, 0.6) is 5.75 Å². The predicted octanol–water partition coefficient (Wildman–Crippen LogP) is 4.85. The summed E-state index contributed by atoms with van der Waals surface area (Å²) >= 11 is 0.